The molecule has 3 aromatic rings. The molecular weight excluding hydrogens is 414 g/mol. The molecule has 0 radical (unpaired) electrons. The Kier molecular flexibility index (Phi) is 7.48. The molecular formula is C23H29N3O4S. The van der Waals surface area contributed by atoms with Crippen LogP contribution in [0.1, 0.15) is 19.5 Å². The summed E-state index contributed by atoms with van der Waals surface area (Å²) in [5.41, 5.74) is 2.38. The molecule has 166 valence electrons. The molecule has 31 heavy (non-hydrogen) atoms. The SMILES string of the molecule is CC(C)N(Cc1ccc2ccccc2n1)CC(O)COc1ccc(NS(C)(=O)=O)cc1. The smallest absolute Gasteiger partial charge is 0.229 e. The third-order valence-corrected chi connectivity index (χ3v) is 5.40. The van der Waals surface area contributed by atoms with Crippen molar-refractivity contribution < 1.29 is 18.3 Å². The summed E-state index contributed by atoms with van der Waals surface area (Å²) in [5, 5.41) is 11.6. The van der Waals surface area contributed by atoms with Crippen LogP contribution in [0, 0.1) is 0 Å². The zero-order chi connectivity index (χ0) is 22.4. The van der Waals surface area contributed by atoms with E-state index < -0.39 is 16.1 Å². The highest BCUT2D eigenvalue weighted by molar-refractivity contribution is 7.92. The molecule has 0 amide bonds. The highest BCUT2D eigenvalue weighted by atomic mass is 32.2. The van der Waals surface area contributed by atoms with Gasteiger partial charge in [-0.3, -0.25) is 14.6 Å². The molecule has 1 aromatic heterocycles. The fraction of sp³-hybridized carbons (Fsp3) is 0.348. The van der Waals surface area contributed by atoms with Gasteiger partial charge in [-0.15, -0.1) is 0 Å². The van der Waals surface area contributed by atoms with E-state index in [0.717, 1.165) is 22.9 Å². The number of nitrogens with zero attached hydrogens (tertiary/aromatic N) is 2. The number of benzene rings is 2. The van der Waals surface area contributed by atoms with Gasteiger partial charge in [0, 0.05) is 30.2 Å². The van der Waals surface area contributed by atoms with Crippen LogP contribution >= 0.6 is 0 Å². The number of aliphatic hydroxyl groups is 1. The van der Waals surface area contributed by atoms with Crippen LogP contribution in [0.25, 0.3) is 10.9 Å². The Morgan fingerprint density at radius 3 is 2.45 bits per heavy atom. The number of hydrogen-bond acceptors (Lipinski definition) is 6. The minimum atomic E-state index is -3.32. The van der Waals surface area contributed by atoms with Crippen molar-refractivity contribution in [3.05, 3.63) is 66.4 Å². The van der Waals surface area contributed by atoms with E-state index in [9.17, 15) is 13.5 Å². The van der Waals surface area contributed by atoms with Gasteiger partial charge in [0.05, 0.1) is 17.5 Å². The van der Waals surface area contributed by atoms with Gasteiger partial charge in [0.2, 0.25) is 10.0 Å². The molecule has 0 spiro atoms. The first-order valence-electron chi connectivity index (χ1n) is 10.2. The molecule has 0 fully saturated rings. The summed E-state index contributed by atoms with van der Waals surface area (Å²) in [6.45, 7) is 5.38. The number of nitrogens with one attached hydrogen (secondary N) is 1. The Morgan fingerprint density at radius 1 is 1.06 bits per heavy atom. The molecule has 2 aromatic carbocycles. The van der Waals surface area contributed by atoms with Gasteiger partial charge in [-0.05, 0) is 50.2 Å². The van der Waals surface area contributed by atoms with Crippen LogP contribution in [0.5, 0.6) is 5.75 Å². The number of para-hydroxylation sites is 1. The van der Waals surface area contributed by atoms with E-state index in [1.54, 1.807) is 24.3 Å². The number of ether oxygens (including phenoxy) is 1. The molecule has 1 unspecified atom stereocenters. The summed E-state index contributed by atoms with van der Waals surface area (Å²) in [5.74, 6) is 0.561. The predicted molar refractivity (Wildman–Crippen MR) is 124 cm³/mol. The second-order valence-electron chi connectivity index (χ2n) is 7.88. The van der Waals surface area contributed by atoms with Crippen LogP contribution in [0.15, 0.2) is 60.7 Å². The molecule has 7 nitrogen and oxygen atoms in total. The van der Waals surface area contributed by atoms with Gasteiger partial charge in [0.1, 0.15) is 18.5 Å². The topological polar surface area (TPSA) is 91.8 Å². The summed E-state index contributed by atoms with van der Waals surface area (Å²) >= 11 is 0. The van der Waals surface area contributed by atoms with Gasteiger partial charge in [0.15, 0.2) is 0 Å². The molecule has 0 aliphatic carbocycles. The van der Waals surface area contributed by atoms with Crippen LogP contribution in [0.4, 0.5) is 5.69 Å². The Labute approximate surface area is 183 Å². The molecule has 1 heterocycles. The lowest BCUT2D eigenvalue weighted by Gasteiger charge is -2.28. The van der Waals surface area contributed by atoms with Crippen molar-refractivity contribution in [3.8, 4) is 5.75 Å². The lowest BCUT2D eigenvalue weighted by molar-refractivity contribution is 0.0538. The number of aliphatic hydroxyl groups excluding tert-OH is 1. The monoisotopic (exact) mass is 443 g/mol. The highest BCUT2D eigenvalue weighted by Gasteiger charge is 2.17. The second kappa shape index (κ2) is 10.1. The molecule has 0 aliphatic rings. The van der Waals surface area contributed by atoms with E-state index in [4.69, 9.17) is 9.72 Å². The van der Waals surface area contributed by atoms with Crippen molar-refractivity contribution in [2.75, 3.05) is 24.1 Å². The zero-order valence-electron chi connectivity index (χ0n) is 18.0. The maximum absolute atomic E-state index is 11.3. The number of rotatable bonds is 10. The number of aromatic nitrogens is 1. The molecule has 0 bridgehead atoms. The third-order valence-electron chi connectivity index (χ3n) is 4.80. The van der Waals surface area contributed by atoms with E-state index in [0.29, 0.717) is 24.5 Å². The first-order chi connectivity index (χ1) is 14.7. The van der Waals surface area contributed by atoms with Crippen molar-refractivity contribution in [1.82, 2.24) is 9.88 Å². The van der Waals surface area contributed by atoms with E-state index in [1.807, 2.05) is 30.3 Å². The molecule has 0 saturated heterocycles. The number of pyridine rings is 1. The van der Waals surface area contributed by atoms with E-state index in [-0.39, 0.29) is 12.6 Å². The quantitative estimate of drug-likeness (QED) is 0.500. The first-order valence-corrected chi connectivity index (χ1v) is 12.1. The van der Waals surface area contributed by atoms with Gasteiger partial charge in [-0.2, -0.15) is 0 Å². The Bertz CT molecular complexity index is 1100. The van der Waals surface area contributed by atoms with Crippen LogP contribution in [0.3, 0.4) is 0 Å². The summed E-state index contributed by atoms with van der Waals surface area (Å²) in [6.07, 6.45) is 0.415. The minimum absolute atomic E-state index is 0.132. The van der Waals surface area contributed by atoms with Crippen LogP contribution in [-0.4, -0.2) is 55.0 Å². The summed E-state index contributed by atoms with van der Waals surface area (Å²) in [6, 6.07) is 18.9. The van der Waals surface area contributed by atoms with Crippen LogP contribution in [-0.2, 0) is 16.6 Å². The summed E-state index contributed by atoms with van der Waals surface area (Å²) < 4.78 is 30.6. The van der Waals surface area contributed by atoms with Crippen molar-refractivity contribution in [3.63, 3.8) is 0 Å². The predicted octanol–water partition coefficient (Wildman–Crippen LogP) is 3.26. The minimum Gasteiger partial charge on any atom is -0.491 e. The Hall–Kier alpha value is -2.68. The number of anilines is 1. The highest BCUT2D eigenvalue weighted by Crippen LogP contribution is 2.18. The summed E-state index contributed by atoms with van der Waals surface area (Å²) in [7, 11) is -3.32. The van der Waals surface area contributed by atoms with Gasteiger partial charge < -0.3 is 9.84 Å². The van der Waals surface area contributed by atoms with Crippen molar-refractivity contribution in [2.45, 2.75) is 32.5 Å². The van der Waals surface area contributed by atoms with E-state index in [1.165, 1.54) is 0 Å². The largest absolute Gasteiger partial charge is 0.491 e. The van der Waals surface area contributed by atoms with Gasteiger partial charge in [0.25, 0.3) is 0 Å². The molecule has 0 aliphatic heterocycles. The lowest BCUT2D eigenvalue weighted by Crippen LogP contribution is -2.39. The molecule has 8 heteroatoms. The van der Waals surface area contributed by atoms with Crippen LogP contribution < -0.4 is 9.46 Å². The summed E-state index contributed by atoms with van der Waals surface area (Å²) in [4.78, 5) is 6.89. The number of fused-ring (bicyclic) bond motifs is 1. The van der Waals surface area contributed by atoms with Crippen molar-refractivity contribution in [1.29, 1.82) is 0 Å². The molecule has 0 saturated carbocycles. The van der Waals surface area contributed by atoms with Gasteiger partial charge in [-0.25, -0.2) is 8.42 Å². The van der Waals surface area contributed by atoms with Crippen molar-refractivity contribution in [2.24, 2.45) is 0 Å². The second-order valence-corrected chi connectivity index (χ2v) is 9.63. The lowest BCUT2D eigenvalue weighted by atomic mass is 10.2. The zero-order valence-corrected chi connectivity index (χ0v) is 18.8. The normalized spacial score (nSPS) is 13.0. The average molecular weight is 444 g/mol. The average Bonchev–Trinajstić information content (AvgIpc) is 2.71. The first kappa shape index (κ1) is 23.0. The van der Waals surface area contributed by atoms with Crippen molar-refractivity contribution >= 4 is 26.6 Å². The maximum Gasteiger partial charge on any atom is 0.229 e. The third kappa shape index (κ3) is 7.20. The molecule has 3 rings (SSSR count). The fourth-order valence-corrected chi connectivity index (χ4v) is 3.78. The van der Waals surface area contributed by atoms with E-state index >= 15 is 0 Å². The standard InChI is InChI=1S/C23H29N3O4S/c1-17(2)26(14-20-9-8-18-6-4-5-7-23(18)24-20)15-21(27)16-30-22-12-10-19(11-13-22)25-31(3,28)29/h4-13,17,21,25,27H,14-16H2,1-3H3. The van der Waals surface area contributed by atoms with Gasteiger partial charge in [-0.1, -0.05) is 24.3 Å². The van der Waals surface area contributed by atoms with E-state index in [2.05, 4.69) is 29.5 Å². The fourth-order valence-electron chi connectivity index (χ4n) is 3.21. The maximum atomic E-state index is 11.3. The number of hydrogen-bond donors (Lipinski definition) is 2. The Balaban J connectivity index is 1.55. The number of sulfonamides is 1. The van der Waals surface area contributed by atoms with Gasteiger partial charge >= 0.3 is 0 Å². The Morgan fingerprint density at radius 2 is 1.77 bits per heavy atom. The molecule has 1 atom stereocenters. The molecule has 2 N–H and O–H groups in total. The van der Waals surface area contributed by atoms with Crippen LogP contribution in [0.2, 0.25) is 0 Å².